The number of rotatable bonds is 7. The monoisotopic (exact) mass is 447 g/mol. The minimum atomic E-state index is -0.0714. The number of benzene rings is 1. The maximum absolute atomic E-state index is 6.54. The molecule has 31 heavy (non-hydrogen) atoms. The van der Waals surface area contributed by atoms with Crippen LogP contribution >= 0.6 is 11.6 Å². The summed E-state index contributed by atoms with van der Waals surface area (Å²) in [5.41, 5.74) is 1.04. The Morgan fingerprint density at radius 3 is 2.61 bits per heavy atom. The number of hydrogen-bond acceptors (Lipinski definition) is 5. The first-order chi connectivity index (χ1) is 14.9. The van der Waals surface area contributed by atoms with Gasteiger partial charge in [0.05, 0.1) is 25.5 Å². The molecule has 0 bridgehead atoms. The smallest absolute Gasteiger partial charge is 0.216 e. The molecule has 2 heterocycles. The number of guanidine groups is 1. The van der Waals surface area contributed by atoms with Gasteiger partial charge in [0.25, 0.3) is 0 Å². The van der Waals surface area contributed by atoms with E-state index in [9.17, 15) is 0 Å². The van der Waals surface area contributed by atoms with Crippen LogP contribution in [0.1, 0.15) is 51.0 Å². The fourth-order valence-electron chi connectivity index (χ4n) is 3.48. The quantitative estimate of drug-likeness (QED) is 0.497. The third kappa shape index (κ3) is 6.69. The Hall–Kier alpha value is -2.09. The van der Waals surface area contributed by atoms with E-state index in [-0.39, 0.29) is 11.5 Å². The minimum Gasteiger partial charge on any atom is -0.443 e. The van der Waals surface area contributed by atoms with Gasteiger partial charge in [-0.1, -0.05) is 50.6 Å². The van der Waals surface area contributed by atoms with Crippen molar-refractivity contribution in [2.45, 2.75) is 45.7 Å². The molecule has 0 aliphatic carbocycles. The Morgan fingerprint density at radius 2 is 1.97 bits per heavy atom. The summed E-state index contributed by atoms with van der Waals surface area (Å²) < 4.78 is 11.4. The number of aliphatic imine (C=N–C) groups is 1. The molecule has 170 valence electrons. The lowest BCUT2D eigenvalue weighted by molar-refractivity contribution is 0.0170. The first-order valence-corrected chi connectivity index (χ1v) is 11.3. The fourth-order valence-corrected chi connectivity index (χ4v) is 3.74. The molecule has 1 saturated heterocycles. The number of morpholine rings is 1. The number of hydrogen-bond donors (Lipinski definition) is 2. The number of halogens is 1. The Bertz CT molecular complexity index is 856. The van der Waals surface area contributed by atoms with E-state index in [1.165, 1.54) is 0 Å². The number of ether oxygens (including phenoxy) is 1. The molecule has 0 amide bonds. The molecule has 2 aromatic rings. The van der Waals surface area contributed by atoms with Crippen molar-refractivity contribution in [3.05, 3.63) is 52.7 Å². The predicted molar refractivity (Wildman–Crippen MR) is 125 cm³/mol. The van der Waals surface area contributed by atoms with Crippen LogP contribution in [-0.2, 0) is 16.7 Å². The van der Waals surface area contributed by atoms with E-state index in [1.807, 2.05) is 25.1 Å². The van der Waals surface area contributed by atoms with Gasteiger partial charge < -0.3 is 19.8 Å². The van der Waals surface area contributed by atoms with Crippen molar-refractivity contribution in [1.29, 1.82) is 0 Å². The minimum absolute atomic E-state index is 0.0714. The van der Waals surface area contributed by atoms with Crippen LogP contribution in [0.25, 0.3) is 0 Å². The molecule has 2 N–H and O–H groups in total. The zero-order valence-corrected chi connectivity index (χ0v) is 19.7. The van der Waals surface area contributed by atoms with Crippen LogP contribution in [0.3, 0.4) is 0 Å². The van der Waals surface area contributed by atoms with Gasteiger partial charge >= 0.3 is 0 Å². The summed E-state index contributed by atoms with van der Waals surface area (Å²) in [5.74, 6) is 2.20. The fraction of sp³-hybridized carbons (Fsp3) is 0.565. The molecule has 7 nitrogen and oxygen atoms in total. The third-order valence-corrected chi connectivity index (χ3v) is 5.57. The Balaban J connectivity index is 1.71. The second-order valence-electron chi connectivity index (χ2n) is 8.63. The van der Waals surface area contributed by atoms with Gasteiger partial charge in [-0.25, -0.2) is 9.98 Å². The Labute approximate surface area is 190 Å². The highest BCUT2D eigenvalue weighted by Gasteiger charge is 2.24. The van der Waals surface area contributed by atoms with Crippen LogP contribution in [0.2, 0.25) is 5.02 Å². The maximum atomic E-state index is 6.54. The molecule has 1 aliphatic rings. The SMILES string of the molecule is CCNC(=NCc1ncc(C(C)(C)C)o1)NCC(c1ccccc1Cl)N1CCOCC1. The van der Waals surface area contributed by atoms with Gasteiger partial charge in [-0.05, 0) is 18.6 Å². The first-order valence-electron chi connectivity index (χ1n) is 10.9. The highest BCUT2D eigenvalue weighted by molar-refractivity contribution is 6.31. The molecule has 1 atom stereocenters. The van der Waals surface area contributed by atoms with Crippen molar-refractivity contribution in [2.24, 2.45) is 4.99 Å². The average molecular weight is 448 g/mol. The van der Waals surface area contributed by atoms with Crippen LogP contribution in [0.5, 0.6) is 0 Å². The van der Waals surface area contributed by atoms with E-state index in [0.29, 0.717) is 19.0 Å². The van der Waals surface area contributed by atoms with E-state index in [2.05, 4.69) is 52.3 Å². The average Bonchev–Trinajstić information content (AvgIpc) is 3.24. The molecular formula is C23H34ClN5O2. The van der Waals surface area contributed by atoms with Crippen LogP contribution in [0.4, 0.5) is 0 Å². The van der Waals surface area contributed by atoms with Crippen molar-refractivity contribution in [3.63, 3.8) is 0 Å². The molecule has 1 aliphatic heterocycles. The lowest BCUT2D eigenvalue weighted by Gasteiger charge is -2.35. The molecule has 1 aromatic heterocycles. The first kappa shape index (κ1) is 23.6. The Morgan fingerprint density at radius 1 is 1.23 bits per heavy atom. The van der Waals surface area contributed by atoms with Gasteiger partial charge in [0, 0.05) is 36.6 Å². The van der Waals surface area contributed by atoms with Crippen molar-refractivity contribution < 1.29 is 9.15 Å². The molecule has 1 fully saturated rings. The number of oxazole rings is 1. The number of aromatic nitrogens is 1. The van der Waals surface area contributed by atoms with Crippen molar-refractivity contribution in [1.82, 2.24) is 20.5 Å². The lowest BCUT2D eigenvalue weighted by Crippen LogP contribution is -2.46. The van der Waals surface area contributed by atoms with E-state index in [0.717, 1.165) is 55.2 Å². The second-order valence-corrected chi connectivity index (χ2v) is 9.04. The van der Waals surface area contributed by atoms with Crippen molar-refractivity contribution in [3.8, 4) is 0 Å². The van der Waals surface area contributed by atoms with Crippen LogP contribution in [0, 0.1) is 0 Å². The molecule has 3 rings (SSSR count). The van der Waals surface area contributed by atoms with Crippen molar-refractivity contribution in [2.75, 3.05) is 39.4 Å². The van der Waals surface area contributed by atoms with E-state index < -0.39 is 0 Å². The van der Waals surface area contributed by atoms with Gasteiger partial charge in [0.1, 0.15) is 12.3 Å². The summed E-state index contributed by atoms with van der Waals surface area (Å²) in [7, 11) is 0. The molecule has 0 radical (unpaired) electrons. The van der Waals surface area contributed by atoms with Crippen LogP contribution < -0.4 is 10.6 Å². The standard InChI is InChI=1S/C23H34ClN5O2/c1-5-25-22(28-16-21-26-15-20(31-21)23(2,3)4)27-14-19(29-10-12-30-13-11-29)17-8-6-7-9-18(17)24/h6-9,15,19H,5,10-14,16H2,1-4H3,(H2,25,27,28). The highest BCUT2D eigenvalue weighted by Crippen LogP contribution is 2.28. The van der Waals surface area contributed by atoms with Crippen molar-refractivity contribution >= 4 is 17.6 Å². The van der Waals surface area contributed by atoms with E-state index in [4.69, 9.17) is 20.8 Å². The second kappa shape index (κ2) is 11.0. The molecule has 8 heteroatoms. The summed E-state index contributed by atoms with van der Waals surface area (Å²) in [6.45, 7) is 13.4. The summed E-state index contributed by atoms with van der Waals surface area (Å²) in [5, 5.41) is 7.56. The van der Waals surface area contributed by atoms with Crippen LogP contribution in [0.15, 0.2) is 39.9 Å². The lowest BCUT2D eigenvalue weighted by atomic mass is 9.94. The molecule has 1 aromatic carbocycles. The highest BCUT2D eigenvalue weighted by atomic mass is 35.5. The number of nitrogens with one attached hydrogen (secondary N) is 2. The Kier molecular flexibility index (Phi) is 8.35. The third-order valence-electron chi connectivity index (χ3n) is 5.22. The topological polar surface area (TPSA) is 74.9 Å². The number of nitrogens with zero attached hydrogens (tertiary/aromatic N) is 3. The van der Waals surface area contributed by atoms with E-state index >= 15 is 0 Å². The van der Waals surface area contributed by atoms with Gasteiger partial charge in [-0.2, -0.15) is 0 Å². The van der Waals surface area contributed by atoms with Gasteiger partial charge in [-0.15, -0.1) is 0 Å². The van der Waals surface area contributed by atoms with Gasteiger partial charge in [-0.3, -0.25) is 4.90 Å². The molecular weight excluding hydrogens is 414 g/mol. The summed E-state index contributed by atoms with van der Waals surface area (Å²) in [4.78, 5) is 11.5. The summed E-state index contributed by atoms with van der Waals surface area (Å²) in [6, 6.07) is 8.15. The zero-order chi connectivity index (χ0) is 22.3. The van der Waals surface area contributed by atoms with E-state index in [1.54, 1.807) is 6.20 Å². The summed E-state index contributed by atoms with van der Waals surface area (Å²) in [6.07, 6.45) is 1.79. The predicted octanol–water partition coefficient (Wildman–Crippen LogP) is 3.75. The molecule has 0 spiro atoms. The van der Waals surface area contributed by atoms with Gasteiger partial charge in [0.15, 0.2) is 5.96 Å². The zero-order valence-electron chi connectivity index (χ0n) is 18.9. The maximum Gasteiger partial charge on any atom is 0.216 e. The molecule has 0 saturated carbocycles. The molecule has 1 unspecified atom stereocenters. The normalized spacial score (nSPS) is 16.9. The largest absolute Gasteiger partial charge is 0.443 e. The van der Waals surface area contributed by atoms with Gasteiger partial charge in [0.2, 0.25) is 5.89 Å². The summed E-state index contributed by atoms with van der Waals surface area (Å²) >= 11 is 6.54. The van der Waals surface area contributed by atoms with Crippen LogP contribution in [-0.4, -0.2) is 55.2 Å².